The number of hydrogen-bond donors (Lipinski definition) is 2. The molecule has 0 spiro atoms. The minimum atomic E-state index is -0.926. The van der Waals surface area contributed by atoms with Gasteiger partial charge >= 0.3 is 5.97 Å². The van der Waals surface area contributed by atoms with E-state index >= 15 is 0 Å². The van der Waals surface area contributed by atoms with E-state index in [1.165, 1.54) is 12.1 Å². The number of aromatic amines is 1. The van der Waals surface area contributed by atoms with Crippen LogP contribution in [0.3, 0.4) is 0 Å². The lowest BCUT2D eigenvalue weighted by atomic mass is 10.2. The first-order chi connectivity index (χ1) is 7.56. The van der Waals surface area contributed by atoms with Crippen molar-refractivity contribution < 1.29 is 18.7 Å². The molecule has 0 saturated heterocycles. The number of rotatable bonds is 3. The van der Waals surface area contributed by atoms with Crippen molar-refractivity contribution in [3.8, 4) is 0 Å². The van der Waals surface area contributed by atoms with Crippen molar-refractivity contribution in [2.24, 2.45) is 0 Å². The number of carboxylic acid groups (broad SMARTS) is 1. The highest BCUT2D eigenvalue weighted by molar-refractivity contribution is 5.81. The number of hydrogen-bond acceptors (Lipinski definition) is 1. The fourth-order valence-electron chi connectivity index (χ4n) is 1.59. The van der Waals surface area contributed by atoms with E-state index in [0.717, 1.165) is 6.07 Å². The summed E-state index contributed by atoms with van der Waals surface area (Å²) in [6, 6.07) is 3.49. The van der Waals surface area contributed by atoms with Crippen LogP contribution in [0.2, 0.25) is 0 Å². The third-order valence-corrected chi connectivity index (χ3v) is 2.32. The molecule has 5 heteroatoms. The summed E-state index contributed by atoms with van der Waals surface area (Å²) < 4.78 is 26.1. The second-order valence-corrected chi connectivity index (χ2v) is 3.54. The van der Waals surface area contributed by atoms with Gasteiger partial charge in [-0.2, -0.15) is 0 Å². The third-order valence-electron chi connectivity index (χ3n) is 2.32. The fourth-order valence-corrected chi connectivity index (χ4v) is 1.59. The van der Waals surface area contributed by atoms with Crippen LogP contribution >= 0.6 is 0 Å². The van der Waals surface area contributed by atoms with E-state index in [2.05, 4.69) is 4.98 Å². The molecule has 2 rings (SSSR count). The third kappa shape index (κ3) is 2.03. The average Bonchev–Trinajstić information content (AvgIpc) is 2.57. The van der Waals surface area contributed by atoms with Gasteiger partial charge in [-0.3, -0.25) is 4.79 Å². The molecule has 2 N–H and O–H groups in total. The summed E-state index contributed by atoms with van der Waals surface area (Å²) in [6.45, 7) is 0. The number of aromatic nitrogens is 1. The number of nitrogens with one attached hydrogen (secondary N) is 1. The molecule has 0 unspecified atom stereocenters. The summed E-state index contributed by atoms with van der Waals surface area (Å²) in [4.78, 5) is 13.2. The first kappa shape index (κ1) is 10.6. The van der Waals surface area contributed by atoms with E-state index in [4.69, 9.17) is 5.11 Å². The van der Waals surface area contributed by atoms with Crippen LogP contribution in [-0.2, 0) is 11.2 Å². The maximum atomic E-state index is 13.3. The number of benzene rings is 1. The Hall–Kier alpha value is -1.91. The zero-order valence-electron chi connectivity index (χ0n) is 8.26. The molecule has 0 aliphatic heterocycles. The quantitative estimate of drug-likeness (QED) is 0.843. The number of carbonyl (C=O) groups is 1. The molecule has 3 nitrogen and oxygen atoms in total. The van der Waals surface area contributed by atoms with Crippen LogP contribution in [0, 0.1) is 11.6 Å². The molecular formula is C11H9F2NO2. The minimum absolute atomic E-state index is 0.0447. The van der Waals surface area contributed by atoms with Crippen molar-refractivity contribution >= 4 is 16.9 Å². The van der Waals surface area contributed by atoms with Gasteiger partial charge in [0.2, 0.25) is 0 Å². The van der Waals surface area contributed by atoms with E-state index in [1.54, 1.807) is 0 Å². The molecule has 0 radical (unpaired) electrons. The van der Waals surface area contributed by atoms with Crippen LogP contribution in [0.5, 0.6) is 0 Å². The highest BCUT2D eigenvalue weighted by Gasteiger charge is 2.08. The Labute approximate surface area is 89.7 Å². The maximum absolute atomic E-state index is 13.3. The highest BCUT2D eigenvalue weighted by atomic mass is 19.1. The molecule has 2 aromatic rings. The van der Waals surface area contributed by atoms with Gasteiger partial charge in [-0.05, 0) is 18.6 Å². The smallest absolute Gasteiger partial charge is 0.303 e. The van der Waals surface area contributed by atoms with E-state index in [0.29, 0.717) is 11.2 Å². The van der Waals surface area contributed by atoms with Crippen LogP contribution in [0.1, 0.15) is 12.1 Å². The van der Waals surface area contributed by atoms with E-state index < -0.39 is 17.6 Å². The zero-order chi connectivity index (χ0) is 11.7. The van der Waals surface area contributed by atoms with Crippen molar-refractivity contribution in [1.29, 1.82) is 0 Å². The van der Waals surface area contributed by atoms with Crippen LogP contribution < -0.4 is 0 Å². The largest absolute Gasteiger partial charge is 0.481 e. The molecule has 84 valence electrons. The molecule has 1 aromatic carbocycles. The minimum Gasteiger partial charge on any atom is -0.481 e. The van der Waals surface area contributed by atoms with Gasteiger partial charge in [-0.15, -0.1) is 0 Å². The number of aliphatic carboxylic acids is 1. The molecule has 0 saturated carbocycles. The molecule has 0 fully saturated rings. The van der Waals surface area contributed by atoms with Gasteiger partial charge in [0.05, 0.1) is 11.9 Å². The Balaban J connectivity index is 2.36. The molecule has 1 aromatic heterocycles. The lowest BCUT2D eigenvalue weighted by Crippen LogP contribution is -1.97. The maximum Gasteiger partial charge on any atom is 0.303 e. The molecule has 0 bridgehead atoms. The van der Waals surface area contributed by atoms with Gasteiger partial charge in [0.15, 0.2) is 0 Å². The Morgan fingerprint density at radius 2 is 2.06 bits per heavy atom. The van der Waals surface area contributed by atoms with Crippen molar-refractivity contribution in [2.75, 3.05) is 0 Å². The number of fused-ring (bicyclic) bond motifs is 1. The monoisotopic (exact) mass is 225 g/mol. The normalized spacial score (nSPS) is 10.9. The van der Waals surface area contributed by atoms with Crippen LogP contribution in [0.25, 0.3) is 10.9 Å². The van der Waals surface area contributed by atoms with Crippen molar-refractivity contribution in [3.63, 3.8) is 0 Å². The number of carboxylic acids is 1. The van der Waals surface area contributed by atoms with Crippen molar-refractivity contribution in [2.45, 2.75) is 12.8 Å². The summed E-state index contributed by atoms with van der Waals surface area (Å²) in [7, 11) is 0. The topological polar surface area (TPSA) is 53.1 Å². The summed E-state index contributed by atoms with van der Waals surface area (Å²) in [5, 5.41) is 8.78. The Bertz CT molecular complexity index is 548. The summed E-state index contributed by atoms with van der Waals surface area (Å²) in [6.07, 6.45) is 0.224. The van der Waals surface area contributed by atoms with E-state index in [9.17, 15) is 13.6 Å². The number of aryl methyl sites for hydroxylation is 1. The number of halogens is 2. The van der Waals surface area contributed by atoms with Crippen LogP contribution in [0.15, 0.2) is 18.2 Å². The first-order valence-corrected chi connectivity index (χ1v) is 4.74. The molecule has 0 aliphatic rings. The van der Waals surface area contributed by atoms with Gasteiger partial charge in [0, 0.05) is 17.1 Å². The molecule has 16 heavy (non-hydrogen) atoms. The molecule has 0 atom stereocenters. The standard InChI is InChI=1S/C11H9F2NO2/c12-6-3-9(13)8-5-7(1-2-11(15)16)14-10(8)4-6/h3-5,14H,1-2H2,(H,15,16). The lowest BCUT2D eigenvalue weighted by molar-refractivity contribution is -0.136. The SMILES string of the molecule is O=C(O)CCc1cc2c(F)cc(F)cc2[nH]1. The summed E-state index contributed by atoms with van der Waals surface area (Å²) in [5.41, 5.74) is 0.930. The lowest BCUT2D eigenvalue weighted by Gasteiger charge is -1.92. The summed E-state index contributed by atoms with van der Waals surface area (Å²) >= 11 is 0. The number of H-pyrrole nitrogens is 1. The summed E-state index contributed by atoms with van der Waals surface area (Å²) in [5.74, 6) is -2.23. The van der Waals surface area contributed by atoms with Gasteiger partial charge in [0.25, 0.3) is 0 Å². The second kappa shape index (κ2) is 3.92. The Morgan fingerprint density at radius 3 is 2.75 bits per heavy atom. The molecule has 0 aliphatic carbocycles. The van der Waals surface area contributed by atoms with Gasteiger partial charge < -0.3 is 10.1 Å². The van der Waals surface area contributed by atoms with Gasteiger partial charge in [0.1, 0.15) is 11.6 Å². The van der Waals surface area contributed by atoms with Crippen LogP contribution in [-0.4, -0.2) is 16.1 Å². The van der Waals surface area contributed by atoms with E-state index in [-0.39, 0.29) is 18.2 Å². The van der Waals surface area contributed by atoms with Gasteiger partial charge in [-0.1, -0.05) is 0 Å². The molecule has 0 amide bonds. The second-order valence-electron chi connectivity index (χ2n) is 3.54. The average molecular weight is 225 g/mol. The predicted molar refractivity (Wildman–Crippen MR) is 54.2 cm³/mol. The Morgan fingerprint density at radius 1 is 1.31 bits per heavy atom. The molecular weight excluding hydrogens is 216 g/mol. The van der Waals surface area contributed by atoms with Crippen molar-refractivity contribution in [3.05, 3.63) is 35.5 Å². The van der Waals surface area contributed by atoms with Gasteiger partial charge in [-0.25, -0.2) is 8.78 Å². The first-order valence-electron chi connectivity index (χ1n) is 4.74. The highest BCUT2D eigenvalue weighted by Crippen LogP contribution is 2.21. The fraction of sp³-hybridized carbons (Fsp3) is 0.182. The Kier molecular flexibility index (Phi) is 2.60. The zero-order valence-corrected chi connectivity index (χ0v) is 8.26. The molecule has 1 heterocycles. The predicted octanol–water partition coefficient (Wildman–Crippen LogP) is 2.46. The van der Waals surface area contributed by atoms with Crippen molar-refractivity contribution in [1.82, 2.24) is 4.98 Å². The van der Waals surface area contributed by atoms with Crippen LogP contribution in [0.4, 0.5) is 8.78 Å². The van der Waals surface area contributed by atoms with E-state index in [1.807, 2.05) is 0 Å².